The van der Waals surface area contributed by atoms with Crippen LogP contribution in [0, 0.1) is 21.4 Å². The molecule has 1 amide bonds. The second kappa shape index (κ2) is 19.6. The minimum absolute atomic E-state index is 0.0346. The van der Waals surface area contributed by atoms with E-state index in [2.05, 4.69) is 56.7 Å². The van der Waals surface area contributed by atoms with E-state index >= 15 is 0 Å². The molecule has 3 aliphatic heterocycles. The van der Waals surface area contributed by atoms with Gasteiger partial charge in [-0.2, -0.15) is 0 Å². The van der Waals surface area contributed by atoms with Gasteiger partial charge in [0.25, 0.3) is 21.6 Å². The number of halogens is 3. The number of hydrogen-bond acceptors (Lipinski definition) is 12. The molecule has 0 radical (unpaired) electrons. The van der Waals surface area contributed by atoms with Crippen molar-refractivity contribution in [1.82, 2.24) is 25.4 Å². The summed E-state index contributed by atoms with van der Waals surface area (Å²) in [6.07, 6.45) is 6.14. The predicted octanol–water partition coefficient (Wildman–Crippen LogP) is 6.97. The number of alkyl halides is 2. The minimum atomic E-state index is -4.60. The van der Waals surface area contributed by atoms with Crippen LogP contribution in [0.15, 0.2) is 71.1 Å². The summed E-state index contributed by atoms with van der Waals surface area (Å²) < 4.78 is 63.0. The van der Waals surface area contributed by atoms with Gasteiger partial charge in [0.05, 0.1) is 21.4 Å². The van der Waals surface area contributed by atoms with E-state index in [0.717, 1.165) is 88.0 Å². The van der Waals surface area contributed by atoms with Gasteiger partial charge in [-0.05, 0) is 97.9 Å². The van der Waals surface area contributed by atoms with Crippen molar-refractivity contribution >= 4 is 50.2 Å². The maximum absolute atomic E-state index is 14.1. The number of likely N-dealkylation sites (tertiary alicyclic amines) is 1. The molecule has 4 fully saturated rings. The van der Waals surface area contributed by atoms with Gasteiger partial charge in [0.2, 0.25) is 0 Å². The summed E-state index contributed by atoms with van der Waals surface area (Å²) in [7, 11) is -4.60. The van der Waals surface area contributed by atoms with Crippen molar-refractivity contribution in [2.75, 3.05) is 75.9 Å². The SMILES string of the molecule is CC1(C)CCC(CN2CCN(c3ccc(C(=O)NS(=O)(=O)c4ccc(N[C@@H]5CCN(C(CF)CF)C5)c([N+](=O)[O-])c4)c(OC4CCCC5NNCC54)c3)CC2)=C(c2ccc(Cl)cc2)C1. The summed E-state index contributed by atoms with van der Waals surface area (Å²) in [5.41, 5.74) is 11.3. The molecule has 3 aromatic carbocycles. The number of carbonyl (C=O) groups excluding carboxylic acids is 1. The van der Waals surface area contributed by atoms with Crippen molar-refractivity contribution in [3.63, 3.8) is 0 Å². The second-order valence-corrected chi connectivity index (χ2v) is 20.8. The lowest BCUT2D eigenvalue weighted by Crippen LogP contribution is -2.47. The number of ether oxygens (including phenoxy) is 1. The molecule has 1 saturated carbocycles. The number of nitro benzene ring substituents is 1. The van der Waals surface area contributed by atoms with E-state index in [-0.39, 0.29) is 53.1 Å². The van der Waals surface area contributed by atoms with Gasteiger partial charge in [-0.3, -0.25) is 35.6 Å². The molecule has 3 saturated heterocycles. The van der Waals surface area contributed by atoms with Gasteiger partial charge in [0.1, 0.15) is 30.9 Å². The first-order chi connectivity index (χ1) is 30.7. The molecule has 3 unspecified atom stereocenters. The molecule has 4 atom stereocenters. The highest BCUT2D eigenvalue weighted by molar-refractivity contribution is 7.90. The highest BCUT2D eigenvalue weighted by Crippen LogP contribution is 2.44. The van der Waals surface area contributed by atoms with Crippen LogP contribution in [0.2, 0.25) is 5.02 Å². The summed E-state index contributed by atoms with van der Waals surface area (Å²) in [6, 6.07) is 15.8. The Balaban J connectivity index is 0.987. The molecule has 3 aromatic rings. The number of amides is 1. The molecule has 18 heteroatoms. The fourth-order valence-corrected chi connectivity index (χ4v) is 11.2. The Morgan fingerprint density at radius 3 is 2.52 bits per heavy atom. The van der Waals surface area contributed by atoms with Gasteiger partial charge in [-0.25, -0.2) is 21.9 Å². The van der Waals surface area contributed by atoms with E-state index in [9.17, 15) is 32.1 Å². The fourth-order valence-electron chi connectivity index (χ4n) is 10.1. The molecular weight excluding hydrogens is 866 g/mol. The van der Waals surface area contributed by atoms with Gasteiger partial charge in [0, 0.05) is 93.2 Å². The van der Waals surface area contributed by atoms with Crippen molar-refractivity contribution in [2.24, 2.45) is 11.3 Å². The Kier molecular flexibility index (Phi) is 14.1. The molecule has 2 aliphatic carbocycles. The molecule has 0 aromatic heterocycles. The third-order valence-corrected chi connectivity index (χ3v) is 15.4. The number of piperazine rings is 1. The lowest BCUT2D eigenvalue weighted by atomic mass is 9.72. The Morgan fingerprint density at radius 1 is 1.02 bits per heavy atom. The zero-order valence-corrected chi connectivity index (χ0v) is 38.0. The van der Waals surface area contributed by atoms with Gasteiger partial charge < -0.3 is 15.0 Å². The van der Waals surface area contributed by atoms with Crippen molar-refractivity contribution in [3.8, 4) is 5.75 Å². The quantitative estimate of drug-likeness (QED) is 0.0917. The maximum Gasteiger partial charge on any atom is 0.293 e. The van der Waals surface area contributed by atoms with E-state index in [4.69, 9.17) is 16.3 Å². The van der Waals surface area contributed by atoms with Crippen molar-refractivity contribution in [2.45, 2.75) is 87.9 Å². The third-order valence-electron chi connectivity index (χ3n) is 13.8. The second-order valence-electron chi connectivity index (χ2n) is 18.7. The smallest absolute Gasteiger partial charge is 0.293 e. The number of benzene rings is 3. The van der Waals surface area contributed by atoms with Crippen LogP contribution in [0.1, 0.15) is 74.7 Å². The number of hydrogen-bond donors (Lipinski definition) is 4. The number of sulfonamides is 1. The van der Waals surface area contributed by atoms with Crippen LogP contribution in [0.3, 0.4) is 0 Å². The van der Waals surface area contributed by atoms with Crippen molar-refractivity contribution < 1.29 is 31.7 Å². The molecule has 8 rings (SSSR count). The molecule has 14 nitrogen and oxygen atoms in total. The number of nitro groups is 1. The number of anilines is 2. The summed E-state index contributed by atoms with van der Waals surface area (Å²) in [5, 5.41) is 16.0. The van der Waals surface area contributed by atoms with Crippen molar-refractivity contribution in [1.29, 1.82) is 0 Å². The normalized spacial score (nSPS) is 24.2. The monoisotopic (exact) mass is 924 g/mol. The van der Waals surface area contributed by atoms with Crippen LogP contribution < -0.4 is 30.5 Å². The Hall–Kier alpha value is -4.39. The minimum Gasteiger partial charge on any atom is -0.489 e. The average Bonchev–Trinajstić information content (AvgIpc) is 3.96. The number of nitrogens with one attached hydrogen (secondary N) is 4. The third kappa shape index (κ3) is 10.5. The molecule has 5 aliphatic rings. The summed E-state index contributed by atoms with van der Waals surface area (Å²) in [6.45, 7) is 8.39. The van der Waals surface area contributed by atoms with Crippen LogP contribution in [0.5, 0.6) is 5.75 Å². The number of allylic oxidation sites excluding steroid dienone is 1. The Morgan fingerprint density at radius 2 is 1.78 bits per heavy atom. The van der Waals surface area contributed by atoms with Crippen LogP contribution in [-0.2, 0) is 10.0 Å². The number of carbonyl (C=O) groups is 1. The van der Waals surface area contributed by atoms with Crippen molar-refractivity contribution in [3.05, 3.63) is 92.5 Å². The molecule has 64 heavy (non-hydrogen) atoms. The number of hydrazine groups is 1. The van der Waals surface area contributed by atoms with Crippen LogP contribution in [-0.4, -0.2) is 119 Å². The number of nitrogens with zero attached hydrogens (tertiary/aromatic N) is 4. The van der Waals surface area contributed by atoms with Gasteiger partial charge >= 0.3 is 0 Å². The summed E-state index contributed by atoms with van der Waals surface area (Å²) >= 11 is 6.25. The average molecular weight is 926 g/mol. The first-order valence-electron chi connectivity index (χ1n) is 22.4. The van der Waals surface area contributed by atoms with E-state index in [1.165, 1.54) is 28.8 Å². The van der Waals surface area contributed by atoms with E-state index in [0.29, 0.717) is 19.5 Å². The highest BCUT2D eigenvalue weighted by atomic mass is 35.5. The Bertz CT molecular complexity index is 2330. The summed E-state index contributed by atoms with van der Waals surface area (Å²) in [4.78, 5) is 31.5. The molecular formula is C46H59ClF2N8O6S. The fraction of sp³-hybridized carbons (Fsp3) is 0.543. The van der Waals surface area contributed by atoms with E-state index in [1.54, 1.807) is 11.0 Å². The zero-order chi connectivity index (χ0) is 45.2. The zero-order valence-electron chi connectivity index (χ0n) is 36.5. The summed E-state index contributed by atoms with van der Waals surface area (Å²) in [5.74, 6) is -0.508. The number of fused-ring (bicyclic) bond motifs is 1. The lowest BCUT2D eigenvalue weighted by molar-refractivity contribution is -0.384. The largest absolute Gasteiger partial charge is 0.489 e. The van der Waals surface area contributed by atoms with Crippen LogP contribution in [0.25, 0.3) is 5.57 Å². The number of rotatable bonds is 15. The first kappa shape index (κ1) is 46.2. The maximum atomic E-state index is 14.1. The highest BCUT2D eigenvalue weighted by Gasteiger charge is 2.39. The predicted molar refractivity (Wildman–Crippen MR) is 245 cm³/mol. The Labute approximate surface area is 379 Å². The molecule has 346 valence electrons. The lowest BCUT2D eigenvalue weighted by Gasteiger charge is -2.39. The van der Waals surface area contributed by atoms with Crippen LogP contribution >= 0.6 is 11.6 Å². The molecule has 0 bridgehead atoms. The van der Waals surface area contributed by atoms with Gasteiger partial charge in [0.15, 0.2) is 0 Å². The van der Waals surface area contributed by atoms with E-state index < -0.39 is 50.8 Å². The topological polar surface area (TPSA) is 161 Å². The first-order valence-corrected chi connectivity index (χ1v) is 24.3. The molecule has 4 N–H and O–H groups in total. The van der Waals surface area contributed by atoms with Gasteiger partial charge in [-0.1, -0.05) is 43.2 Å². The van der Waals surface area contributed by atoms with Crippen LogP contribution in [0.4, 0.5) is 25.8 Å². The van der Waals surface area contributed by atoms with Gasteiger partial charge in [-0.15, -0.1) is 0 Å². The molecule has 0 spiro atoms. The van der Waals surface area contributed by atoms with E-state index in [1.807, 2.05) is 24.3 Å². The molecule has 3 heterocycles. The standard InChI is InChI=1S/C46H59ClF2N8O6S/c1-46(2)16-14-31(38(24-46)30-6-8-32(47)9-7-30)28-54-18-20-55(21-19-54)34-10-12-37(44(22-34)63-43-5-3-4-40-39(43)27-50-52-40)45(58)53-64(61,62)36-11-13-41(42(23-36)57(59)60)51-33-15-17-56(29-33)35(25-48)26-49/h6-13,22-23,33,35,39-40,43,50-52H,3-5,14-21,24-29H2,1-2H3,(H,53,58)/t33-,39?,40?,43?/m1/s1.